The fraction of sp³-hybridized carbons (Fsp3) is 0.522. The molecule has 2 N–H and O–H groups in total. The van der Waals surface area contributed by atoms with Gasteiger partial charge in [0.25, 0.3) is 5.56 Å². The van der Waals surface area contributed by atoms with Gasteiger partial charge in [0, 0.05) is 18.2 Å². The molecule has 3 rings (SSSR count). The average Bonchev–Trinajstić information content (AvgIpc) is 3.10. The molecule has 6 unspecified atom stereocenters. The summed E-state index contributed by atoms with van der Waals surface area (Å²) < 4.78 is 37.3. The second-order valence-corrected chi connectivity index (χ2v) is 11.2. The summed E-state index contributed by atoms with van der Waals surface area (Å²) >= 11 is 0. The van der Waals surface area contributed by atoms with Crippen LogP contribution in [0.1, 0.15) is 33.9 Å². The first-order chi connectivity index (χ1) is 16.5. The highest BCUT2D eigenvalue weighted by Crippen LogP contribution is 2.54. The van der Waals surface area contributed by atoms with Crippen molar-refractivity contribution >= 4 is 13.6 Å². The van der Waals surface area contributed by atoms with E-state index in [4.69, 9.17) is 18.5 Å². The molecule has 1 aliphatic rings. The van der Waals surface area contributed by atoms with Gasteiger partial charge in [0.2, 0.25) is 0 Å². The molecular weight excluding hydrogens is 479 g/mol. The number of nitrogens with zero attached hydrogens (tertiary/aromatic N) is 1. The number of aliphatic hydroxyl groups excluding tert-OH is 1. The summed E-state index contributed by atoms with van der Waals surface area (Å²) in [5, 5.41) is 10.7. The maximum atomic E-state index is 13.8. The molecule has 35 heavy (non-hydrogen) atoms. The first-order valence-corrected chi connectivity index (χ1v) is 12.9. The number of nitrogens with one attached hydrogen (secondary N) is 1. The number of benzene rings is 1. The van der Waals surface area contributed by atoms with E-state index in [0.717, 1.165) is 4.57 Å². The highest BCUT2D eigenvalue weighted by molar-refractivity contribution is 7.56. The fourth-order valence-corrected chi connectivity index (χ4v) is 5.03. The molecule has 1 aromatic carbocycles. The summed E-state index contributed by atoms with van der Waals surface area (Å²) in [6.45, 7) is 6.57. The largest absolute Gasteiger partial charge is 0.465 e. The van der Waals surface area contributed by atoms with Crippen molar-refractivity contribution in [2.45, 2.75) is 51.8 Å². The summed E-state index contributed by atoms with van der Waals surface area (Å²) in [6.07, 6.45) is -1.70. The van der Waals surface area contributed by atoms with Gasteiger partial charge < -0.3 is 19.1 Å². The van der Waals surface area contributed by atoms with Crippen molar-refractivity contribution in [1.29, 1.82) is 0 Å². The van der Waals surface area contributed by atoms with E-state index in [1.807, 2.05) is 13.8 Å². The number of rotatable bonds is 10. The van der Waals surface area contributed by atoms with Crippen LogP contribution in [0.25, 0.3) is 0 Å². The molecule has 0 spiro atoms. The second-order valence-electron chi connectivity index (χ2n) is 8.87. The van der Waals surface area contributed by atoms with Crippen molar-refractivity contribution in [2.75, 3.05) is 13.2 Å². The van der Waals surface area contributed by atoms with Crippen LogP contribution in [0.5, 0.6) is 5.75 Å². The lowest BCUT2D eigenvalue weighted by Crippen LogP contribution is -2.33. The Morgan fingerprint density at radius 1 is 1.20 bits per heavy atom. The fourth-order valence-electron chi connectivity index (χ4n) is 3.50. The molecule has 0 saturated carbocycles. The number of ether oxygens (including phenoxy) is 2. The van der Waals surface area contributed by atoms with Gasteiger partial charge in [0.1, 0.15) is 18.1 Å². The van der Waals surface area contributed by atoms with Crippen LogP contribution in [0.15, 0.2) is 52.2 Å². The maximum Gasteiger partial charge on any atom is 0.393 e. The van der Waals surface area contributed by atoms with Gasteiger partial charge >= 0.3 is 19.3 Å². The van der Waals surface area contributed by atoms with Crippen LogP contribution in [-0.4, -0.2) is 51.7 Å². The van der Waals surface area contributed by atoms with Gasteiger partial charge in [0.15, 0.2) is 5.66 Å². The van der Waals surface area contributed by atoms with Crippen LogP contribution in [-0.2, 0) is 23.4 Å². The van der Waals surface area contributed by atoms with Crippen molar-refractivity contribution in [2.24, 2.45) is 11.8 Å². The zero-order valence-corrected chi connectivity index (χ0v) is 20.9. The lowest BCUT2D eigenvalue weighted by atomic mass is 10.0. The second kappa shape index (κ2) is 11.3. The van der Waals surface area contributed by atoms with Crippen LogP contribution in [0.3, 0.4) is 0 Å². The Morgan fingerprint density at radius 2 is 1.89 bits per heavy atom. The van der Waals surface area contributed by atoms with Crippen molar-refractivity contribution < 1.29 is 33.0 Å². The molecule has 0 aliphatic carbocycles. The number of hydrogen-bond acceptors (Lipinski definition) is 9. The number of aromatic nitrogens is 2. The number of hydrogen-bond donors (Lipinski definition) is 2. The third kappa shape index (κ3) is 6.49. The topological polar surface area (TPSA) is 146 Å². The maximum absolute atomic E-state index is 13.8. The van der Waals surface area contributed by atoms with E-state index >= 15 is 0 Å². The first kappa shape index (κ1) is 26.9. The molecule has 1 aliphatic heterocycles. The van der Waals surface area contributed by atoms with Gasteiger partial charge in [-0.3, -0.25) is 23.7 Å². The highest BCUT2D eigenvalue weighted by atomic mass is 31.2. The predicted molar refractivity (Wildman–Crippen MR) is 126 cm³/mol. The molecule has 2 heterocycles. The minimum atomic E-state index is -4.14. The lowest BCUT2D eigenvalue weighted by Gasteiger charge is -2.26. The van der Waals surface area contributed by atoms with Crippen LogP contribution < -0.4 is 15.8 Å². The molecule has 192 valence electrons. The quantitative estimate of drug-likeness (QED) is 0.363. The van der Waals surface area contributed by atoms with Gasteiger partial charge in [-0.25, -0.2) is 9.36 Å². The smallest absolute Gasteiger partial charge is 0.393 e. The molecule has 6 atom stereocenters. The third-order valence-corrected chi connectivity index (χ3v) is 7.71. The standard InChI is InChI=1S/C23H31N2O9P/c1-14(2)12-31-22(28)16(4)35(30,34-17-8-6-5-7-9-17)32-13-18-20(27)15(3)21(33-18)25-11-10-19(26)24-23(25)29/h5-11,14-16,18,20-21,27H,12-13H2,1-4H3,(H,24,26,29). The van der Waals surface area contributed by atoms with E-state index in [1.165, 1.54) is 19.2 Å². The molecule has 12 heteroatoms. The third-order valence-electron chi connectivity index (χ3n) is 5.58. The molecule has 0 amide bonds. The SMILES string of the molecule is CC(C)COC(=O)C(C)P(=O)(OCC1OC(n2ccc(=O)[nH]c2=O)C(C)C1O)Oc1ccccc1. The van der Waals surface area contributed by atoms with Gasteiger partial charge in [-0.2, -0.15) is 0 Å². The van der Waals surface area contributed by atoms with E-state index in [-0.39, 0.29) is 24.9 Å². The van der Waals surface area contributed by atoms with Crippen molar-refractivity contribution in [3.63, 3.8) is 0 Å². The molecule has 1 aromatic heterocycles. The van der Waals surface area contributed by atoms with Crippen LogP contribution in [0.2, 0.25) is 0 Å². The molecular formula is C23H31N2O9P. The molecule has 0 radical (unpaired) electrons. The van der Waals surface area contributed by atoms with Crippen molar-refractivity contribution in [1.82, 2.24) is 9.55 Å². The molecule has 11 nitrogen and oxygen atoms in total. The minimum Gasteiger partial charge on any atom is -0.465 e. The monoisotopic (exact) mass is 510 g/mol. The molecule has 0 bridgehead atoms. The number of aliphatic hydroxyl groups is 1. The number of aromatic amines is 1. The van der Waals surface area contributed by atoms with Gasteiger partial charge in [-0.05, 0) is 25.0 Å². The van der Waals surface area contributed by atoms with E-state index in [9.17, 15) is 24.1 Å². The van der Waals surface area contributed by atoms with Crippen LogP contribution >= 0.6 is 7.60 Å². The minimum absolute atomic E-state index is 0.0817. The Labute approximate surface area is 202 Å². The first-order valence-electron chi connectivity index (χ1n) is 11.3. The summed E-state index contributed by atoms with van der Waals surface area (Å²) in [7, 11) is -4.14. The number of esters is 1. The van der Waals surface area contributed by atoms with E-state index in [0.29, 0.717) is 0 Å². The number of carbonyl (C=O) groups excluding carboxylic acids is 1. The molecule has 2 aromatic rings. The average molecular weight is 510 g/mol. The van der Waals surface area contributed by atoms with Crippen molar-refractivity contribution in [3.05, 3.63) is 63.4 Å². The Bertz CT molecular complexity index is 1160. The van der Waals surface area contributed by atoms with Crippen molar-refractivity contribution in [3.8, 4) is 5.75 Å². The summed E-state index contributed by atoms with van der Waals surface area (Å²) in [6, 6.07) is 9.43. The highest BCUT2D eigenvalue weighted by Gasteiger charge is 2.46. The van der Waals surface area contributed by atoms with E-state index < -0.39 is 54.8 Å². The number of H-pyrrole nitrogens is 1. The Balaban J connectivity index is 1.78. The van der Waals surface area contributed by atoms with Gasteiger partial charge in [0.05, 0.1) is 19.3 Å². The lowest BCUT2D eigenvalue weighted by molar-refractivity contribution is -0.144. The normalized spacial score (nSPS) is 24.6. The van der Waals surface area contributed by atoms with E-state index in [1.54, 1.807) is 37.3 Å². The van der Waals surface area contributed by atoms with Gasteiger partial charge in [-0.15, -0.1) is 0 Å². The van der Waals surface area contributed by atoms with Crippen LogP contribution in [0.4, 0.5) is 0 Å². The van der Waals surface area contributed by atoms with Gasteiger partial charge in [-0.1, -0.05) is 39.0 Å². The van der Waals surface area contributed by atoms with Crippen LogP contribution in [0, 0.1) is 11.8 Å². The summed E-state index contributed by atoms with van der Waals surface area (Å²) in [4.78, 5) is 38.3. The number of carbonyl (C=O) groups is 1. The zero-order chi connectivity index (χ0) is 25.8. The summed E-state index contributed by atoms with van der Waals surface area (Å²) in [5.41, 5.74) is -2.51. The zero-order valence-electron chi connectivity index (χ0n) is 20.0. The Kier molecular flexibility index (Phi) is 8.71. The van der Waals surface area contributed by atoms with E-state index in [2.05, 4.69) is 4.98 Å². The summed E-state index contributed by atoms with van der Waals surface area (Å²) in [5.74, 6) is -0.983. The molecule has 1 saturated heterocycles. The Morgan fingerprint density at radius 3 is 2.51 bits per heavy atom. The Hall–Kier alpha value is -2.72. The molecule has 1 fully saturated rings. The predicted octanol–water partition coefficient (Wildman–Crippen LogP) is 2.31. The number of para-hydroxylation sites is 1.